The highest BCUT2D eigenvalue weighted by atomic mass is 15.1. The molecule has 0 bridgehead atoms. The molecule has 0 saturated carbocycles. The Morgan fingerprint density at radius 3 is 1.41 bits per heavy atom. The molecule has 2 aromatic rings. The van der Waals surface area contributed by atoms with Crippen LogP contribution in [0, 0.1) is 0 Å². The van der Waals surface area contributed by atoms with Gasteiger partial charge in [-0.15, -0.1) is 0 Å². The standard InChI is InChI=1S/2C15H23N.2C2H6.CH4/c1-13(2)15-8-6-14(7-9-15)12-16-10-4-3-5-11-16;1-13(2)15-8-6-7-14(11-15)12-16-9-4-3-5-10-16;2*1-2;/h6-9,13H,3-5,10-12H2,1-2H3;6-8,11,13H,3-5,9-10,12H2,1-2H3;2*1-2H3;1H4. The molecule has 2 aliphatic heterocycles. The summed E-state index contributed by atoms with van der Waals surface area (Å²) in [5, 5.41) is 0. The summed E-state index contributed by atoms with van der Waals surface area (Å²) < 4.78 is 0. The summed E-state index contributed by atoms with van der Waals surface area (Å²) in [6.45, 7) is 24.4. The quantitative estimate of drug-likeness (QED) is 0.381. The van der Waals surface area contributed by atoms with Gasteiger partial charge in [0.1, 0.15) is 0 Å². The maximum Gasteiger partial charge on any atom is 0.0233 e. The predicted molar refractivity (Wildman–Crippen MR) is 169 cm³/mol. The lowest BCUT2D eigenvalue weighted by atomic mass is 10.0. The van der Waals surface area contributed by atoms with E-state index in [1.54, 1.807) is 0 Å². The van der Waals surface area contributed by atoms with Crippen molar-refractivity contribution in [3.63, 3.8) is 0 Å². The number of hydrogen-bond acceptors (Lipinski definition) is 2. The van der Waals surface area contributed by atoms with Gasteiger partial charge in [0.15, 0.2) is 0 Å². The lowest BCUT2D eigenvalue weighted by Gasteiger charge is -2.26. The van der Waals surface area contributed by atoms with E-state index in [0.717, 1.165) is 13.1 Å². The maximum absolute atomic E-state index is 2.59. The lowest BCUT2D eigenvalue weighted by molar-refractivity contribution is 0.221. The summed E-state index contributed by atoms with van der Waals surface area (Å²) >= 11 is 0. The summed E-state index contributed by atoms with van der Waals surface area (Å²) in [6, 6.07) is 18.2. The molecule has 2 fully saturated rings. The molecule has 0 radical (unpaired) electrons. The third-order valence-electron chi connectivity index (χ3n) is 6.97. The van der Waals surface area contributed by atoms with Crippen LogP contribution in [0.1, 0.15) is 135 Å². The first-order valence-corrected chi connectivity index (χ1v) is 15.1. The van der Waals surface area contributed by atoms with Crippen molar-refractivity contribution in [1.82, 2.24) is 9.80 Å². The second-order valence-corrected chi connectivity index (χ2v) is 10.5. The normalized spacial score (nSPS) is 15.8. The molecule has 4 rings (SSSR count). The van der Waals surface area contributed by atoms with Crippen molar-refractivity contribution >= 4 is 0 Å². The highest BCUT2D eigenvalue weighted by Gasteiger charge is 2.11. The van der Waals surface area contributed by atoms with E-state index in [1.165, 1.54) is 87.0 Å². The molecule has 0 unspecified atom stereocenters. The van der Waals surface area contributed by atoms with Crippen molar-refractivity contribution in [2.24, 2.45) is 0 Å². The van der Waals surface area contributed by atoms with E-state index in [2.05, 4.69) is 86.0 Å². The van der Waals surface area contributed by atoms with Gasteiger partial charge in [-0.25, -0.2) is 0 Å². The van der Waals surface area contributed by atoms with Crippen LogP contribution in [0.4, 0.5) is 0 Å². The summed E-state index contributed by atoms with van der Waals surface area (Å²) in [4.78, 5) is 5.16. The minimum absolute atomic E-state index is 0. The lowest BCUT2D eigenvalue weighted by Crippen LogP contribution is -2.29. The first kappa shape index (κ1) is 35.4. The van der Waals surface area contributed by atoms with Crippen LogP contribution < -0.4 is 0 Å². The minimum atomic E-state index is 0. The second-order valence-electron chi connectivity index (χ2n) is 10.5. The number of benzene rings is 2. The second kappa shape index (κ2) is 21.3. The van der Waals surface area contributed by atoms with Crippen LogP contribution >= 0.6 is 0 Å². The molecular weight excluding hydrogens is 448 g/mol. The van der Waals surface area contributed by atoms with Crippen LogP contribution in [0.25, 0.3) is 0 Å². The largest absolute Gasteiger partial charge is 0.299 e. The Hall–Kier alpha value is -1.64. The van der Waals surface area contributed by atoms with E-state index in [0.29, 0.717) is 11.8 Å². The third kappa shape index (κ3) is 14.2. The molecule has 0 N–H and O–H groups in total. The van der Waals surface area contributed by atoms with Crippen LogP contribution in [0.3, 0.4) is 0 Å². The van der Waals surface area contributed by atoms with Crippen molar-refractivity contribution in [2.75, 3.05) is 26.2 Å². The van der Waals surface area contributed by atoms with Gasteiger partial charge in [-0.05, 0) is 86.0 Å². The Kier molecular flexibility index (Phi) is 20.4. The highest BCUT2D eigenvalue weighted by Crippen LogP contribution is 2.19. The van der Waals surface area contributed by atoms with Crippen LogP contribution in [0.15, 0.2) is 48.5 Å². The fraction of sp³-hybridized carbons (Fsp3) is 0.657. The monoisotopic (exact) mass is 510 g/mol. The van der Waals surface area contributed by atoms with E-state index >= 15 is 0 Å². The van der Waals surface area contributed by atoms with Gasteiger partial charge in [-0.3, -0.25) is 9.80 Å². The van der Waals surface area contributed by atoms with Gasteiger partial charge in [0.25, 0.3) is 0 Å². The average Bonchev–Trinajstić information content (AvgIpc) is 2.93. The summed E-state index contributed by atoms with van der Waals surface area (Å²) in [5.41, 5.74) is 5.86. The molecule has 2 heterocycles. The molecule has 0 aromatic heterocycles. The van der Waals surface area contributed by atoms with Gasteiger partial charge in [0, 0.05) is 13.1 Å². The molecule has 2 aromatic carbocycles. The van der Waals surface area contributed by atoms with Crippen molar-refractivity contribution in [3.05, 3.63) is 70.8 Å². The number of rotatable bonds is 6. The number of likely N-dealkylation sites (tertiary alicyclic amines) is 2. The number of piperidine rings is 2. The SMILES string of the molecule is C.CC.CC.CC(C)c1ccc(CN2CCCCC2)cc1.CC(C)c1cccc(CN2CCCCC2)c1. The van der Waals surface area contributed by atoms with Gasteiger partial charge in [0.2, 0.25) is 0 Å². The Labute approximate surface area is 232 Å². The topological polar surface area (TPSA) is 6.48 Å². The minimum Gasteiger partial charge on any atom is -0.299 e. The zero-order valence-electron chi connectivity index (χ0n) is 25.2. The summed E-state index contributed by atoms with van der Waals surface area (Å²) in [7, 11) is 0. The highest BCUT2D eigenvalue weighted by molar-refractivity contribution is 5.26. The van der Waals surface area contributed by atoms with Gasteiger partial charge < -0.3 is 0 Å². The summed E-state index contributed by atoms with van der Waals surface area (Å²) in [6.07, 6.45) is 8.35. The van der Waals surface area contributed by atoms with Gasteiger partial charge in [-0.2, -0.15) is 0 Å². The Morgan fingerprint density at radius 1 is 0.541 bits per heavy atom. The predicted octanol–water partition coefficient (Wildman–Crippen LogP) is 10.3. The molecule has 37 heavy (non-hydrogen) atoms. The molecule has 2 heteroatoms. The molecule has 2 nitrogen and oxygen atoms in total. The molecule has 0 spiro atoms. The first-order chi connectivity index (χ1) is 17.5. The smallest absolute Gasteiger partial charge is 0.0233 e. The first-order valence-electron chi connectivity index (χ1n) is 15.1. The fourth-order valence-corrected chi connectivity index (χ4v) is 4.81. The van der Waals surface area contributed by atoms with E-state index < -0.39 is 0 Å². The van der Waals surface area contributed by atoms with Gasteiger partial charge in [-0.1, -0.05) is 124 Å². The van der Waals surface area contributed by atoms with Crippen molar-refractivity contribution < 1.29 is 0 Å². The molecule has 2 saturated heterocycles. The van der Waals surface area contributed by atoms with Crippen molar-refractivity contribution in [1.29, 1.82) is 0 Å². The van der Waals surface area contributed by atoms with E-state index in [-0.39, 0.29) is 7.43 Å². The fourth-order valence-electron chi connectivity index (χ4n) is 4.81. The Balaban J connectivity index is 0.000000603. The average molecular weight is 511 g/mol. The number of nitrogens with zero attached hydrogens (tertiary/aromatic N) is 2. The summed E-state index contributed by atoms with van der Waals surface area (Å²) in [5.74, 6) is 1.28. The molecular formula is C35H62N2. The Morgan fingerprint density at radius 2 is 0.973 bits per heavy atom. The van der Waals surface area contributed by atoms with Crippen LogP contribution in [0.5, 0.6) is 0 Å². The van der Waals surface area contributed by atoms with Gasteiger partial charge in [0.05, 0.1) is 0 Å². The molecule has 0 atom stereocenters. The van der Waals surface area contributed by atoms with Crippen molar-refractivity contribution in [2.45, 2.75) is 126 Å². The molecule has 2 aliphatic rings. The third-order valence-corrected chi connectivity index (χ3v) is 6.97. The van der Waals surface area contributed by atoms with Crippen LogP contribution in [-0.4, -0.2) is 36.0 Å². The van der Waals surface area contributed by atoms with E-state index in [4.69, 9.17) is 0 Å². The van der Waals surface area contributed by atoms with Crippen LogP contribution in [0.2, 0.25) is 0 Å². The van der Waals surface area contributed by atoms with Gasteiger partial charge >= 0.3 is 0 Å². The number of hydrogen-bond donors (Lipinski definition) is 0. The molecule has 0 amide bonds. The maximum atomic E-state index is 2.59. The zero-order chi connectivity index (χ0) is 26.8. The molecule has 212 valence electrons. The zero-order valence-corrected chi connectivity index (χ0v) is 25.2. The van der Waals surface area contributed by atoms with Crippen LogP contribution in [-0.2, 0) is 13.1 Å². The Bertz CT molecular complexity index is 766. The van der Waals surface area contributed by atoms with E-state index in [9.17, 15) is 0 Å². The van der Waals surface area contributed by atoms with E-state index in [1.807, 2.05) is 27.7 Å². The molecule has 0 aliphatic carbocycles. The van der Waals surface area contributed by atoms with Crippen molar-refractivity contribution in [3.8, 4) is 0 Å².